The predicted octanol–water partition coefficient (Wildman–Crippen LogP) is 1.06. The molecule has 0 aliphatic carbocycles. The van der Waals surface area contributed by atoms with Crippen LogP contribution in [0.5, 0.6) is 0 Å². The van der Waals surface area contributed by atoms with Crippen LogP contribution in [0.3, 0.4) is 0 Å². The van der Waals surface area contributed by atoms with Crippen LogP contribution in [0.25, 0.3) is 0 Å². The van der Waals surface area contributed by atoms with Crippen molar-refractivity contribution >= 4 is 0 Å². The van der Waals surface area contributed by atoms with E-state index in [2.05, 4.69) is 5.32 Å². The van der Waals surface area contributed by atoms with Gasteiger partial charge in [-0.1, -0.05) is 6.08 Å². The van der Waals surface area contributed by atoms with Crippen LogP contribution in [-0.4, -0.2) is 7.05 Å². The number of hydrogen-bond acceptors (Lipinski definition) is 3. The minimum atomic E-state index is 0. The third-order valence-corrected chi connectivity index (χ3v) is 0.333. The normalized spacial score (nSPS) is 6.57. The molecule has 0 aliphatic heterocycles. The molecule has 0 amide bonds. The highest BCUT2D eigenvalue weighted by Gasteiger charge is 1.45. The fourth-order valence-electron chi connectivity index (χ4n) is 0.167. The van der Waals surface area contributed by atoms with E-state index < -0.39 is 0 Å². The maximum Gasteiger partial charge on any atom is 0.00276 e. The molecule has 0 spiro atoms. The standard InChI is InChI=1S/C4H9N.2H3N/c1-3-4-5-2;;/h3-5H,1-2H3;2*1H3/b4-3+;;. The van der Waals surface area contributed by atoms with Crippen molar-refractivity contribution in [3.63, 3.8) is 0 Å². The predicted molar refractivity (Wildman–Crippen MR) is 33.9 cm³/mol. The molecule has 0 radical (unpaired) electrons. The van der Waals surface area contributed by atoms with Crippen molar-refractivity contribution in [1.82, 2.24) is 17.6 Å². The van der Waals surface area contributed by atoms with Crippen LogP contribution in [0.2, 0.25) is 0 Å². The molecule has 7 heavy (non-hydrogen) atoms. The SMILES string of the molecule is C/C=C/NC.N.N. The first-order valence-corrected chi connectivity index (χ1v) is 1.70. The van der Waals surface area contributed by atoms with Gasteiger partial charge in [0.2, 0.25) is 0 Å². The van der Waals surface area contributed by atoms with Gasteiger partial charge in [-0.25, -0.2) is 0 Å². The molecular formula is C4H15N3. The molecule has 0 bridgehead atoms. The largest absolute Gasteiger partial charge is 0.394 e. The number of rotatable bonds is 1. The van der Waals surface area contributed by atoms with Crippen LogP contribution >= 0.6 is 0 Å². The number of nitrogens with one attached hydrogen (secondary N) is 1. The van der Waals surface area contributed by atoms with Crippen LogP contribution < -0.4 is 17.6 Å². The third kappa shape index (κ3) is 30.7. The molecule has 0 heterocycles. The Morgan fingerprint density at radius 3 is 1.71 bits per heavy atom. The summed E-state index contributed by atoms with van der Waals surface area (Å²) in [6, 6.07) is 0. The van der Waals surface area contributed by atoms with Gasteiger partial charge in [-0.05, 0) is 13.1 Å². The molecule has 0 rings (SSSR count). The minimum absolute atomic E-state index is 0. The fourth-order valence-corrected chi connectivity index (χ4v) is 0.167. The van der Waals surface area contributed by atoms with Crippen LogP contribution in [0.4, 0.5) is 0 Å². The van der Waals surface area contributed by atoms with E-state index in [0.29, 0.717) is 0 Å². The summed E-state index contributed by atoms with van der Waals surface area (Å²) in [5.74, 6) is 0. The molecular weight excluding hydrogens is 90.1 g/mol. The quantitative estimate of drug-likeness (QED) is 0.466. The van der Waals surface area contributed by atoms with Gasteiger partial charge >= 0.3 is 0 Å². The third-order valence-electron chi connectivity index (χ3n) is 0.333. The van der Waals surface area contributed by atoms with Gasteiger partial charge in [0.05, 0.1) is 0 Å². The van der Waals surface area contributed by atoms with Crippen LogP contribution in [0.15, 0.2) is 12.3 Å². The lowest BCUT2D eigenvalue weighted by molar-refractivity contribution is 1.10. The lowest BCUT2D eigenvalue weighted by Crippen LogP contribution is -1.89. The second kappa shape index (κ2) is 17.9. The van der Waals surface area contributed by atoms with E-state index in [4.69, 9.17) is 0 Å². The Bertz CT molecular complexity index is 33.9. The molecule has 7 N–H and O–H groups in total. The van der Waals surface area contributed by atoms with E-state index in [9.17, 15) is 0 Å². The second-order valence-corrected chi connectivity index (χ2v) is 0.789. The van der Waals surface area contributed by atoms with Crippen molar-refractivity contribution in [1.29, 1.82) is 0 Å². The van der Waals surface area contributed by atoms with Gasteiger partial charge in [0, 0.05) is 7.05 Å². The summed E-state index contributed by atoms with van der Waals surface area (Å²) in [6.45, 7) is 1.97. The van der Waals surface area contributed by atoms with Crippen molar-refractivity contribution in [2.45, 2.75) is 6.92 Å². The first-order chi connectivity index (χ1) is 2.41. The Hall–Kier alpha value is -0.540. The van der Waals surface area contributed by atoms with Crippen LogP contribution in [0, 0.1) is 0 Å². The minimum Gasteiger partial charge on any atom is -0.394 e. The van der Waals surface area contributed by atoms with Gasteiger partial charge < -0.3 is 17.6 Å². The monoisotopic (exact) mass is 105 g/mol. The highest BCUT2D eigenvalue weighted by atomic mass is 14.8. The van der Waals surface area contributed by atoms with Crippen molar-refractivity contribution in [2.75, 3.05) is 7.05 Å². The second-order valence-electron chi connectivity index (χ2n) is 0.789. The molecule has 0 saturated heterocycles. The molecule has 0 fully saturated rings. The lowest BCUT2D eigenvalue weighted by atomic mass is 10.7. The number of hydrogen-bond donors (Lipinski definition) is 3. The van der Waals surface area contributed by atoms with E-state index in [1.54, 1.807) is 0 Å². The van der Waals surface area contributed by atoms with E-state index in [-0.39, 0.29) is 12.3 Å². The van der Waals surface area contributed by atoms with E-state index >= 15 is 0 Å². The Labute approximate surface area is 45.0 Å². The summed E-state index contributed by atoms with van der Waals surface area (Å²) >= 11 is 0. The van der Waals surface area contributed by atoms with Gasteiger partial charge in [0.1, 0.15) is 0 Å². The number of allylic oxidation sites excluding steroid dienone is 1. The van der Waals surface area contributed by atoms with Crippen molar-refractivity contribution in [3.05, 3.63) is 12.3 Å². The lowest BCUT2D eigenvalue weighted by Gasteiger charge is -1.75. The zero-order chi connectivity index (χ0) is 4.12. The Kier molecular flexibility index (Phi) is 41.2. The molecule has 0 aromatic heterocycles. The highest BCUT2D eigenvalue weighted by molar-refractivity contribution is 4.70. The summed E-state index contributed by atoms with van der Waals surface area (Å²) in [5.41, 5.74) is 0. The topological polar surface area (TPSA) is 82.0 Å². The van der Waals surface area contributed by atoms with Gasteiger partial charge in [0.25, 0.3) is 0 Å². The van der Waals surface area contributed by atoms with Crippen LogP contribution in [-0.2, 0) is 0 Å². The zero-order valence-corrected chi connectivity index (χ0v) is 5.07. The van der Waals surface area contributed by atoms with Crippen LogP contribution in [0.1, 0.15) is 6.92 Å². The Balaban J connectivity index is -0.0000000800. The van der Waals surface area contributed by atoms with E-state index in [1.165, 1.54) is 0 Å². The summed E-state index contributed by atoms with van der Waals surface area (Å²) < 4.78 is 0. The van der Waals surface area contributed by atoms with Gasteiger partial charge in [-0.15, -0.1) is 0 Å². The average molecular weight is 105 g/mol. The molecule has 46 valence electrons. The summed E-state index contributed by atoms with van der Waals surface area (Å²) in [4.78, 5) is 0. The average Bonchev–Trinajstić information content (AvgIpc) is 1.41. The van der Waals surface area contributed by atoms with Gasteiger partial charge in [-0.3, -0.25) is 0 Å². The van der Waals surface area contributed by atoms with Gasteiger partial charge in [0.15, 0.2) is 0 Å². The smallest absolute Gasteiger partial charge is 0.00276 e. The first-order valence-electron chi connectivity index (χ1n) is 1.70. The zero-order valence-electron chi connectivity index (χ0n) is 5.07. The molecule has 0 aliphatic rings. The Morgan fingerprint density at radius 2 is 1.71 bits per heavy atom. The van der Waals surface area contributed by atoms with Gasteiger partial charge in [-0.2, -0.15) is 0 Å². The van der Waals surface area contributed by atoms with E-state index in [0.717, 1.165) is 0 Å². The van der Waals surface area contributed by atoms with Crippen molar-refractivity contribution in [3.8, 4) is 0 Å². The summed E-state index contributed by atoms with van der Waals surface area (Å²) in [5, 5.41) is 2.84. The molecule has 3 heteroatoms. The fraction of sp³-hybridized carbons (Fsp3) is 0.500. The van der Waals surface area contributed by atoms with Crippen molar-refractivity contribution < 1.29 is 0 Å². The summed E-state index contributed by atoms with van der Waals surface area (Å²) in [6.07, 6.45) is 3.82. The molecule has 0 aromatic carbocycles. The molecule has 0 saturated carbocycles. The van der Waals surface area contributed by atoms with E-state index in [1.807, 2.05) is 26.2 Å². The summed E-state index contributed by atoms with van der Waals surface area (Å²) in [7, 11) is 1.88. The molecule has 0 aromatic rings. The molecule has 0 unspecified atom stereocenters. The maximum absolute atomic E-state index is 2.84. The molecule has 3 nitrogen and oxygen atoms in total. The highest BCUT2D eigenvalue weighted by Crippen LogP contribution is 1.53. The van der Waals surface area contributed by atoms with Crippen molar-refractivity contribution in [2.24, 2.45) is 0 Å². The maximum atomic E-state index is 2.84. The first kappa shape index (κ1) is 16.1. The Morgan fingerprint density at radius 1 is 1.29 bits per heavy atom. The molecule has 0 atom stereocenters.